The van der Waals surface area contributed by atoms with E-state index in [-0.39, 0.29) is 11.9 Å². The van der Waals surface area contributed by atoms with Gasteiger partial charge in [-0.1, -0.05) is 0 Å². The first-order valence-corrected chi connectivity index (χ1v) is 8.39. The summed E-state index contributed by atoms with van der Waals surface area (Å²) in [5.41, 5.74) is 1.89. The molecule has 1 saturated heterocycles. The van der Waals surface area contributed by atoms with Gasteiger partial charge in [0, 0.05) is 38.8 Å². The van der Waals surface area contributed by atoms with Crippen LogP contribution in [0.5, 0.6) is 0 Å². The summed E-state index contributed by atoms with van der Waals surface area (Å²) >= 11 is 0. The summed E-state index contributed by atoms with van der Waals surface area (Å²) in [6.07, 6.45) is 4.33. The number of anilines is 1. The first-order valence-electron chi connectivity index (χ1n) is 8.39. The Morgan fingerprint density at radius 1 is 1.38 bits per heavy atom. The monoisotopic (exact) mass is 328 g/mol. The number of hydrogen-bond acceptors (Lipinski definition) is 5. The molecule has 0 aliphatic carbocycles. The van der Waals surface area contributed by atoms with Crippen LogP contribution in [-0.2, 0) is 11.3 Å². The Bertz CT molecular complexity index is 726. The number of carbonyl (C=O) groups is 1. The number of nitrogens with one attached hydrogen (secondary N) is 1. The maximum atomic E-state index is 12.7. The maximum Gasteiger partial charge on any atom is 0.224 e. The second-order valence-electron chi connectivity index (χ2n) is 6.19. The number of aryl methyl sites for hydroxylation is 3. The number of aromatic nitrogens is 4. The van der Waals surface area contributed by atoms with Crippen molar-refractivity contribution in [2.75, 3.05) is 18.9 Å². The normalized spacial score (nSPS) is 17.3. The van der Waals surface area contributed by atoms with Crippen molar-refractivity contribution in [3.63, 3.8) is 0 Å². The molecule has 2 aromatic heterocycles. The number of nitrogens with zero attached hydrogens (tertiary/aromatic N) is 5. The van der Waals surface area contributed by atoms with Crippen molar-refractivity contribution in [3.8, 4) is 0 Å². The molecule has 1 atom stereocenters. The lowest BCUT2D eigenvalue weighted by Crippen LogP contribution is -2.31. The number of likely N-dealkylation sites (tertiary alicyclic amines) is 1. The van der Waals surface area contributed by atoms with Crippen LogP contribution in [0.3, 0.4) is 0 Å². The molecular formula is C17H24N6O. The van der Waals surface area contributed by atoms with Crippen molar-refractivity contribution in [2.24, 2.45) is 0 Å². The quantitative estimate of drug-likeness (QED) is 0.909. The molecule has 7 nitrogen and oxygen atoms in total. The lowest BCUT2D eigenvalue weighted by Gasteiger charge is -2.25. The molecule has 1 unspecified atom stereocenters. The zero-order valence-corrected chi connectivity index (χ0v) is 14.5. The van der Waals surface area contributed by atoms with Crippen molar-refractivity contribution < 1.29 is 4.79 Å². The zero-order valence-electron chi connectivity index (χ0n) is 14.5. The van der Waals surface area contributed by atoms with Crippen LogP contribution in [-0.4, -0.2) is 44.1 Å². The molecule has 1 fully saturated rings. The third kappa shape index (κ3) is 3.55. The molecule has 2 aromatic rings. The highest BCUT2D eigenvalue weighted by Crippen LogP contribution is 2.32. The SMILES string of the molecule is CNc1cc(C2CCCN2C(=O)CCn2ccc(C)n2)nc(C)n1. The fraction of sp³-hybridized carbons (Fsp3) is 0.529. The minimum Gasteiger partial charge on any atom is -0.373 e. The van der Waals surface area contributed by atoms with Crippen molar-refractivity contribution in [3.05, 3.63) is 35.5 Å². The number of rotatable bonds is 5. The molecule has 24 heavy (non-hydrogen) atoms. The van der Waals surface area contributed by atoms with Gasteiger partial charge in [-0.05, 0) is 32.8 Å². The second kappa shape index (κ2) is 6.98. The Morgan fingerprint density at radius 2 is 2.21 bits per heavy atom. The standard InChI is InChI=1S/C17H24N6O/c1-12-6-9-22(21-12)10-7-17(24)23-8-4-5-15(23)14-11-16(18-3)20-13(2)19-14/h6,9,11,15H,4-5,7-8,10H2,1-3H3,(H,18,19,20). The van der Waals surface area contributed by atoms with Gasteiger partial charge in [0.25, 0.3) is 0 Å². The van der Waals surface area contributed by atoms with E-state index < -0.39 is 0 Å². The van der Waals surface area contributed by atoms with Crippen LogP contribution in [0.15, 0.2) is 18.3 Å². The van der Waals surface area contributed by atoms with Crippen molar-refractivity contribution in [1.29, 1.82) is 0 Å². The fourth-order valence-corrected chi connectivity index (χ4v) is 3.20. The smallest absolute Gasteiger partial charge is 0.224 e. The van der Waals surface area contributed by atoms with Crippen LogP contribution in [0, 0.1) is 13.8 Å². The molecule has 0 saturated carbocycles. The van der Waals surface area contributed by atoms with Gasteiger partial charge in [0.2, 0.25) is 5.91 Å². The third-order valence-corrected chi connectivity index (χ3v) is 4.36. The van der Waals surface area contributed by atoms with Gasteiger partial charge in [-0.3, -0.25) is 9.48 Å². The summed E-state index contributed by atoms with van der Waals surface area (Å²) < 4.78 is 1.83. The molecule has 128 valence electrons. The van der Waals surface area contributed by atoms with Crippen molar-refractivity contribution in [1.82, 2.24) is 24.6 Å². The van der Waals surface area contributed by atoms with E-state index in [0.29, 0.717) is 13.0 Å². The molecule has 0 aromatic carbocycles. The van der Waals surface area contributed by atoms with Crippen LogP contribution >= 0.6 is 0 Å². The van der Waals surface area contributed by atoms with Crippen LogP contribution in [0.4, 0.5) is 5.82 Å². The predicted molar refractivity (Wildman–Crippen MR) is 91.6 cm³/mol. The van der Waals surface area contributed by atoms with Gasteiger partial charge in [0.1, 0.15) is 11.6 Å². The first-order chi connectivity index (χ1) is 11.6. The minimum atomic E-state index is 0.0469. The summed E-state index contributed by atoms with van der Waals surface area (Å²) in [5, 5.41) is 7.40. The molecule has 0 radical (unpaired) electrons. The van der Waals surface area contributed by atoms with Crippen LogP contribution in [0.1, 0.15) is 42.5 Å². The topological polar surface area (TPSA) is 75.9 Å². The Balaban J connectivity index is 1.70. The van der Waals surface area contributed by atoms with E-state index in [0.717, 1.165) is 42.4 Å². The van der Waals surface area contributed by atoms with Crippen LogP contribution < -0.4 is 5.32 Å². The Labute approximate surface area is 142 Å². The molecule has 0 bridgehead atoms. The van der Waals surface area contributed by atoms with E-state index in [1.54, 1.807) is 0 Å². The van der Waals surface area contributed by atoms with Gasteiger partial charge in [-0.25, -0.2) is 9.97 Å². The highest BCUT2D eigenvalue weighted by atomic mass is 16.2. The van der Waals surface area contributed by atoms with Crippen LogP contribution in [0.2, 0.25) is 0 Å². The predicted octanol–water partition coefficient (Wildman–Crippen LogP) is 2.09. The molecule has 1 aliphatic rings. The minimum absolute atomic E-state index is 0.0469. The van der Waals surface area contributed by atoms with E-state index >= 15 is 0 Å². The average Bonchev–Trinajstić information content (AvgIpc) is 3.21. The van der Waals surface area contributed by atoms with E-state index in [1.807, 2.05) is 48.8 Å². The third-order valence-electron chi connectivity index (χ3n) is 4.36. The Kier molecular flexibility index (Phi) is 4.78. The molecule has 1 aliphatic heterocycles. The molecule has 1 N–H and O–H groups in total. The second-order valence-corrected chi connectivity index (χ2v) is 6.19. The maximum absolute atomic E-state index is 12.7. The number of amides is 1. The van der Waals surface area contributed by atoms with E-state index in [1.165, 1.54) is 0 Å². The average molecular weight is 328 g/mol. The summed E-state index contributed by atoms with van der Waals surface area (Å²) in [7, 11) is 1.84. The molecule has 0 spiro atoms. The highest BCUT2D eigenvalue weighted by molar-refractivity contribution is 5.77. The summed E-state index contributed by atoms with van der Waals surface area (Å²) in [5.74, 6) is 1.68. The summed E-state index contributed by atoms with van der Waals surface area (Å²) in [6.45, 7) is 5.23. The van der Waals surface area contributed by atoms with Gasteiger partial charge >= 0.3 is 0 Å². The van der Waals surface area contributed by atoms with Gasteiger partial charge in [0.05, 0.1) is 17.4 Å². The van der Waals surface area contributed by atoms with E-state index in [9.17, 15) is 4.79 Å². The molecule has 7 heteroatoms. The molecular weight excluding hydrogens is 304 g/mol. The first kappa shape index (κ1) is 16.4. The molecule has 1 amide bonds. The van der Waals surface area contributed by atoms with Gasteiger partial charge in [-0.15, -0.1) is 0 Å². The Morgan fingerprint density at radius 3 is 2.92 bits per heavy atom. The lowest BCUT2D eigenvalue weighted by atomic mass is 10.1. The number of carbonyl (C=O) groups excluding carboxylic acids is 1. The molecule has 3 heterocycles. The lowest BCUT2D eigenvalue weighted by molar-refractivity contribution is -0.132. The van der Waals surface area contributed by atoms with Gasteiger partial charge in [0.15, 0.2) is 0 Å². The van der Waals surface area contributed by atoms with E-state index in [2.05, 4.69) is 20.4 Å². The summed E-state index contributed by atoms with van der Waals surface area (Å²) in [4.78, 5) is 23.5. The number of hydrogen-bond donors (Lipinski definition) is 1. The van der Waals surface area contributed by atoms with Gasteiger partial charge < -0.3 is 10.2 Å². The van der Waals surface area contributed by atoms with Crippen LogP contribution in [0.25, 0.3) is 0 Å². The largest absolute Gasteiger partial charge is 0.373 e. The fourth-order valence-electron chi connectivity index (χ4n) is 3.20. The zero-order chi connectivity index (χ0) is 17.1. The molecule has 3 rings (SSSR count). The highest BCUT2D eigenvalue weighted by Gasteiger charge is 2.31. The van der Waals surface area contributed by atoms with E-state index in [4.69, 9.17) is 0 Å². The van der Waals surface area contributed by atoms with Gasteiger partial charge in [-0.2, -0.15) is 5.10 Å². The summed E-state index contributed by atoms with van der Waals surface area (Å²) in [6, 6.07) is 3.94. The Hall–Kier alpha value is -2.44. The van der Waals surface area contributed by atoms with Crippen molar-refractivity contribution >= 4 is 11.7 Å². The van der Waals surface area contributed by atoms with Crippen molar-refractivity contribution in [2.45, 2.75) is 45.7 Å².